The van der Waals surface area contributed by atoms with Crippen LogP contribution in [0, 0.1) is 24.7 Å². The van der Waals surface area contributed by atoms with Crippen molar-refractivity contribution in [1.82, 2.24) is 0 Å². The highest BCUT2D eigenvalue weighted by atomic mass is 19.1. The van der Waals surface area contributed by atoms with Crippen LogP contribution in [0.25, 0.3) is 49.2 Å². The Morgan fingerprint density at radius 2 is 1.71 bits per heavy atom. The van der Waals surface area contributed by atoms with Crippen LogP contribution < -0.4 is 4.57 Å². The van der Waals surface area contributed by atoms with E-state index in [0.29, 0.717) is 22.5 Å². The van der Waals surface area contributed by atoms with Gasteiger partial charge >= 0.3 is 0 Å². The molecule has 3 nitrogen and oxygen atoms in total. The average Bonchev–Trinajstić information content (AvgIpc) is 3.22. The van der Waals surface area contributed by atoms with E-state index >= 15 is 4.39 Å². The van der Waals surface area contributed by atoms with E-state index in [1.807, 2.05) is 61.5 Å². The molecule has 2 aromatic heterocycles. The lowest BCUT2D eigenvalue weighted by Gasteiger charge is -2.18. The number of benzene rings is 3. The second-order valence-electron chi connectivity index (χ2n) is 9.96. The molecule has 0 unspecified atom stereocenters. The lowest BCUT2D eigenvalue weighted by molar-refractivity contribution is -0.662. The highest BCUT2D eigenvalue weighted by Gasteiger charge is 2.26. The van der Waals surface area contributed by atoms with E-state index in [1.54, 1.807) is 38.5 Å². The number of halogens is 1. The molecule has 0 amide bonds. The second kappa shape index (κ2) is 8.36. The second-order valence-corrected chi connectivity index (χ2v) is 9.96. The predicted molar refractivity (Wildman–Crippen MR) is 140 cm³/mol. The zero-order valence-corrected chi connectivity index (χ0v) is 20.5. The molecular formula is C31H28FN2O+. The third-order valence-electron chi connectivity index (χ3n) is 6.18. The van der Waals surface area contributed by atoms with Crippen LogP contribution in [0.4, 0.5) is 10.1 Å². The maximum atomic E-state index is 15.1. The molecular weight excluding hydrogens is 435 g/mol. The summed E-state index contributed by atoms with van der Waals surface area (Å²) in [6, 6.07) is 19.2. The van der Waals surface area contributed by atoms with Crippen molar-refractivity contribution in [2.45, 2.75) is 34.1 Å². The fraction of sp³-hybridized carbons (Fsp3) is 0.226. The minimum atomic E-state index is -1.91. The molecule has 0 saturated carbocycles. The predicted octanol–water partition coefficient (Wildman–Crippen LogP) is 8.33. The molecule has 0 spiro atoms. The number of fused-ring (bicyclic) bond motifs is 3. The molecule has 3 aromatic carbocycles. The number of aromatic nitrogens is 1. The number of hydrogen-bond acceptors (Lipinski definition) is 1. The summed E-state index contributed by atoms with van der Waals surface area (Å²) in [7, 11) is 1.74. The Kier molecular flexibility index (Phi) is 4.87. The number of furan rings is 1. The maximum Gasteiger partial charge on any atom is 0.237 e. The summed E-state index contributed by atoms with van der Waals surface area (Å²) in [4.78, 5) is 3.85. The van der Waals surface area contributed by atoms with Crippen molar-refractivity contribution in [2.75, 3.05) is 0 Å². The SMILES string of the molecule is [2H]C([2H])(c1cc(-c2c(C)ccc3c2oc2c([N+]#[C-])c(-c4ccccc4)ccc23)[n+](C)cc1F)C(C)(C)C. The van der Waals surface area contributed by atoms with Gasteiger partial charge in [0, 0.05) is 25.1 Å². The van der Waals surface area contributed by atoms with Gasteiger partial charge in [-0.3, -0.25) is 0 Å². The maximum absolute atomic E-state index is 15.1. The average molecular weight is 466 g/mol. The monoisotopic (exact) mass is 465 g/mol. The third-order valence-corrected chi connectivity index (χ3v) is 6.18. The van der Waals surface area contributed by atoms with Gasteiger partial charge in [-0.2, -0.15) is 4.57 Å². The smallest absolute Gasteiger partial charge is 0.237 e. The molecule has 5 rings (SSSR count). The quantitative estimate of drug-likeness (QED) is 0.194. The summed E-state index contributed by atoms with van der Waals surface area (Å²) in [6.07, 6.45) is -0.579. The number of pyridine rings is 1. The van der Waals surface area contributed by atoms with E-state index in [0.717, 1.165) is 33.0 Å². The summed E-state index contributed by atoms with van der Waals surface area (Å²) >= 11 is 0. The molecule has 35 heavy (non-hydrogen) atoms. The normalized spacial score (nSPS) is 13.1. The van der Waals surface area contributed by atoms with Gasteiger partial charge in [-0.05, 0) is 35.4 Å². The number of hydrogen-bond donors (Lipinski definition) is 0. The van der Waals surface area contributed by atoms with Crippen molar-refractivity contribution < 1.29 is 16.1 Å². The first-order valence-electron chi connectivity index (χ1n) is 12.6. The molecule has 5 aromatic rings. The molecule has 0 radical (unpaired) electrons. The van der Waals surface area contributed by atoms with E-state index in [2.05, 4.69) is 4.85 Å². The van der Waals surface area contributed by atoms with Gasteiger partial charge in [0.15, 0.2) is 5.82 Å². The fourth-order valence-corrected chi connectivity index (χ4v) is 4.63. The van der Waals surface area contributed by atoms with Crippen LogP contribution in [-0.4, -0.2) is 0 Å². The van der Waals surface area contributed by atoms with Crippen LogP contribution in [0.5, 0.6) is 0 Å². The van der Waals surface area contributed by atoms with E-state index < -0.39 is 17.6 Å². The van der Waals surface area contributed by atoms with E-state index in [1.165, 1.54) is 6.20 Å². The van der Waals surface area contributed by atoms with Gasteiger partial charge in [0.2, 0.25) is 17.6 Å². The first-order chi connectivity index (χ1) is 17.5. The van der Waals surface area contributed by atoms with Gasteiger partial charge in [-0.1, -0.05) is 75.4 Å². The number of rotatable bonds is 3. The zero-order chi connectivity index (χ0) is 26.7. The van der Waals surface area contributed by atoms with Gasteiger partial charge in [0.25, 0.3) is 0 Å². The first kappa shape index (κ1) is 20.4. The van der Waals surface area contributed by atoms with Gasteiger partial charge in [0.05, 0.1) is 12.1 Å². The number of aryl methyl sites for hydroxylation is 2. The van der Waals surface area contributed by atoms with Crippen molar-refractivity contribution in [3.8, 4) is 22.4 Å². The Hall–Kier alpha value is -3.97. The minimum absolute atomic E-state index is 0.00817. The molecule has 4 heteroatoms. The summed E-state index contributed by atoms with van der Waals surface area (Å²) in [5, 5.41) is 1.68. The Labute approximate surface area is 208 Å². The topological polar surface area (TPSA) is 21.4 Å². The molecule has 0 bridgehead atoms. The van der Waals surface area contributed by atoms with Crippen LogP contribution in [0.15, 0.2) is 71.3 Å². The van der Waals surface area contributed by atoms with Gasteiger partial charge in [0.1, 0.15) is 18.2 Å². The summed E-state index contributed by atoms with van der Waals surface area (Å²) < 4.78 is 40.7. The fourth-order valence-electron chi connectivity index (χ4n) is 4.63. The minimum Gasteiger partial charge on any atom is -0.466 e. The largest absolute Gasteiger partial charge is 0.466 e. The standard InChI is InChI=1S/C31H28FN2O/c1-19-12-13-23-24-15-14-22(20-10-8-7-9-11-20)28(33-5)30(24)35-29(23)27(19)26-16-21(17-31(2,3)4)25(32)18-34(26)6/h7-16,18H,17H2,1-4,6H3/q+1/i17D2. The molecule has 0 N–H and O–H groups in total. The van der Waals surface area contributed by atoms with Crippen molar-refractivity contribution in [3.63, 3.8) is 0 Å². The van der Waals surface area contributed by atoms with Crippen LogP contribution >= 0.6 is 0 Å². The third kappa shape index (κ3) is 3.98. The van der Waals surface area contributed by atoms with Crippen molar-refractivity contribution >= 4 is 27.6 Å². The lowest BCUT2D eigenvalue weighted by Crippen LogP contribution is -2.32. The van der Waals surface area contributed by atoms with Gasteiger partial charge in [-0.15, -0.1) is 0 Å². The van der Waals surface area contributed by atoms with Crippen molar-refractivity contribution in [2.24, 2.45) is 12.5 Å². The molecule has 0 aliphatic heterocycles. The Morgan fingerprint density at radius 3 is 2.40 bits per heavy atom. The first-order valence-corrected chi connectivity index (χ1v) is 11.6. The molecule has 0 aliphatic carbocycles. The Balaban J connectivity index is 1.83. The molecule has 2 heterocycles. The van der Waals surface area contributed by atoms with E-state index in [-0.39, 0.29) is 5.56 Å². The van der Waals surface area contributed by atoms with Gasteiger partial charge < -0.3 is 4.42 Å². The van der Waals surface area contributed by atoms with Crippen LogP contribution in [-0.2, 0) is 13.4 Å². The Morgan fingerprint density at radius 1 is 1.03 bits per heavy atom. The van der Waals surface area contributed by atoms with E-state index in [4.69, 9.17) is 13.7 Å². The van der Waals surface area contributed by atoms with Gasteiger partial charge in [-0.25, -0.2) is 9.24 Å². The number of nitrogens with zero attached hydrogens (tertiary/aromatic N) is 2. The van der Waals surface area contributed by atoms with Crippen LogP contribution in [0.2, 0.25) is 0 Å². The molecule has 174 valence electrons. The highest BCUT2D eigenvalue weighted by molar-refractivity contribution is 6.14. The summed E-state index contributed by atoms with van der Waals surface area (Å²) in [5.74, 6) is -0.594. The van der Waals surface area contributed by atoms with E-state index in [9.17, 15) is 0 Å². The van der Waals surface area contributed by atoms with Crippen LogP contribution in [0.3, 0.4) is 0 Å². The zero-order valence-electron chi connectivity index (χ0n) is 22.5. The molecule has 0 atom stereocenters. The lowest BCUT2D eigenvalue weighted by atomic mass is 9.87. The van der Waals surface area contributed by atoms with Crippen molar-refractivity contribution in [1.29, 1.82) is 0 Å². The molecule has 0 saturated heterocycles. The highest BCUT2D eigenvalue weighted by Crippen LogP contribution is 2.44. The molecule has 0 aliphatic rings. The Bertz CT molecular complexity index is 1720. The van der Waals surface area contributed by atoms with Crippen molar-refractivity contribution in [3.05, 3.63) is 95.2 Å². The summed E-state index contributed by atoms with van der Waals surface area (Å²) in [5.41, 5.74) is 4.76. The molecule has 0 fully saturated rings. The summed E-state index contributed by atoms with van der Waals surface area (Å²) in [6.45, 7) is 15.2. The van der Waals surface area contributed by atoms with Crippen LogP contribution in [0.1, 0.15) is 34.6 Å².